The number of carbonyl (C=O) groups is 2. The summed E-state index contributed by atoms with van der Waals surface area (Å²) < 4.78 is 36.8. The Labute approximate surface area is 113 Å². The molecule has 1 heterocycles. The first-order valence-corrected chi connectivity index (χ1v) is 5.68. The zero-order valence-corrected chi connectivity index (χ0v) is 11.1. The van der Waals surface area contributed by atoms with Gasteiger partial charge in [0.1, 0.15) is 11.4 Å². The minimum Gasteiger partial charge on any atom is -0.477 e. The second kappa shape index (κ2) is 5.48. The summed E-state index contributed by atoms with van der Waals surface area (Å²) in [6.07, 6.45) is -0.0725. The highest BCUT2D eigenvalue weighted by Gasteiger charge is 2.51. The summed E-state index contributed by atoms with van der Waals surface area (Å²) in [6.45, 7) is 4.64. The predicted molar refractivity (Wildman–Crippen MR) is 63.4 cm³/mol. The number of alkyl halides is 2. The first-order valence-electron chi connectivity index (χ1n) is 5.68. The molecule has 1 atom stereocenters. The molecule has 0 aliphatic heterocycles. The van der Waals surface area contributed by atoms with E-state index in [1.54, 1.807) is 20.8 Å². The Bertz CT molecular complexity index is 479. The van der Waals surface area contributed by atoms with Gasteiger partial charge in [-0.1, -0.05) is 0 Å². The van der Waals surface area contributed by atoms with Crippen LogP contribution in [0.1, 0.15) is 32.6 Å². The normalized spacial score (nSPS) is 13.7. The van der Waals surface area contributed by atoms with E-state index in [4.69, 9.17) is 14.3 Å². The van der Waals surface area contributed by atoms with E-state index in [1.807, 2.05) is 5.32 Å². The van der Waals surface area contributed by atoms with Crippen molar-refractivity contribution >= 4 is 12.1 Å². The molecule has 2 N–H and O–H groups in total. The molecule has 1 unspecified atom stereocenters. The second-order valence-corrected chi connectivity index (χ2v) is 5.02. The molecular formula is C12H15F2NO5. The van der Waals surface area contributed by atoms with Crippen molar-refractivity contribution in [2.75, 3.05) is 0 Å². The van der Waals surface area contributed by atoms with Crippen LogP contribution < -0.4 is 5.32 Å². The number of hydrogen-bond acceptors (Lipinski definition) is 4. The summed E-state index contributed by atoms with van der Waals surface area (Å²) in [5.41, 5.74) is -0.906. The van der Waals surface area contributed by atoms with Gasteiger partial charge in [-0.2, -0.15) is 8.78 Å². The number of carboxylic acid groups (broad SMARTS) is 1. The minimum atomic E-state index is -4.24. The molecule has 6 nitrogen and oxygen atoms in total. The quantitative estimate of drug-likeness (QED) is 0.890. The molecule has 8 heteroatoms. The van der Waals surface area contributed by atoms with Gasteiger partial charge in [-0.25, -0.2) is 9.59 Å². The fourth-order valence-corrected chi connectivity index (χ4v) is 1.34. The molecule has 0 radical (unpaired) electrons. The van der Waals surface area contributed by atoms with Crippen molar-refractivity contribution in [3.63, 3.8) is 0 Å². The fraction of sp³-hybridized carbons (Fsp3) is 0.500. The fourth-order valence-electron chi connectivity index (χ4n) is 1.34. The van der Waals surface area contributed by atoms with Crippen LogP contribution in [0.15, 0.2) is 22.8 Å². The average molecular weight is 291 g/mol. The smallest absolute Gasteiger partial charge is 0.408 e. The second-order valence-electron chi connectivity index (χ2n) is 5.02. The predicted octanol–water partition coefficient (Wildman–Crippen LogP) is 2.57. The van der Waals surface area contributed by atoms with Gasteiger partial charge in [0.2, 0.25) is 0 Å². The average Bonchev–Trinajstić information content (AvgIpc) is 2.75. The van der Waals surface area contributed by atoms with Crippen LogP contribution in [0, 0.1) is 0 Å². The Morgan fingerprint density at radius 1 is 1.40 bits per heavy atom. The lowest BCUT2D eigenvalue weighted by atomic mass is 10.1. The third-order valence-electron chi connectivity index (χ3n) is 2.14. The van der Waals surface area contributed by atoms with Gasteiger partial charge in [-0.15, -0.1) is 0 Å². The summed E-state index contributed by atoms with van der Waals surface area (Å²) in [5, 5.41) is 10.4. The molecule has 1 amide bonds. The molecule has 0 aliphatic carbocycles. The Morgan fingerprint density at radius 2 is 2.00 bits per heavy atom. The van der Waals surface area contributed by atoms with Crippen LogP contribution in [0.4, 0.5) is 13.6 Å². The van der Waals surface area contributed by atoms with E-state index in [0.29, 0.717) is 0 Å². The van der Waals surface area contributed by atoms with Crippen LogP contribution in [-0.2, 0) is 9.53 Å². The number of nitrogens with one attached hydrogen (secondary N) is 1. The van der Waals surface area contributed by atoms with Gasteiger partial charge >= 0.3 is 18.0 Å². The van der Waals surface area contributed by atoms with E-state index in [-0.39, 0.29) is 5.76 Å². The van der Waals surface area contributed by atoms with E-state index >= 15 is 0 Å². The highest BCUT2D eigenvalue weighted by molar-refractivity contribution is 5.78. The maximum absolute atomic E-state index is 13.6. The minimum absolute atomic E-state index is 0.386. The zero-order chi connectivity index (χ0) is 15.6. The number of furan rings is 1. The molecule has 1 aromatic heterocycles. The van der Waals surface area contributed by atoms with Crippen molar-refractivity contribution in [2.45, 2.75) is 38.3 Å². The molecule has 0 spiro atoms. The number of alkyl carbamates (subject to hydrolysis) is 1. The highest BCUT2D eigenvalue weighted by atomic mass is 19.3. The number of amides is 1. The number of rotatable bonds is 4. The summed E-state index contributed by atoms with van der Waals surface area (Å²) in [4.78, 5) is 22.2. The Hall–Kier alpha value is -2.12. The molecule has 0 saturated carbocycles. The summed E-state index contributed by atoms with van der Waals surface area (Å²) >= 11 is 0. The van der Waals surface area contributed by atoms with E-state index in [0.717, 1.165) is 12.3 Å². The van der Waals surface area contributed by atoms with Crippen molar-refractivity contribution in [3.05, 3.63) is 24.2 Å². The van der Waals surface area contributed by atoms with Crippen molar-refractivity contribution in [1.82, 2.24) is 5.32 Å². The molecule has 20 heavy (non-hydrogen) atoms. The molecule has 0 fully saturated rings. The number of hydrogen-bond donors (Lipinski definition) is 2. The van der Waals surface area contributed by atoms with Crippen LogP contribution >= 0.6 is 0 Å². The third kappa shape index (κ3) is 3.94. The van der Waals surface area contributed by atoms with Crippen LogP contribution in [0.3, 0.4) is 0 Å². The number of halogens is 2. The van der Waals surface area contributed by atoms with Gasteiger partial charge < -0.3 is 19.6 Å². The standard InChI is InChI=1S/C12H15F2NO5/c1-11(2,3)20-10(18)15-8(7-5-4-6-19-7)12(13,14)9(16)17/h4-6,8H,1-3H3,(H,15,18)(H,16,17). The number of carbonyl (C=O) groups excluding carboxylic acids is 1. The van der Waals surface area contributed by atoms with Gasteiger partial charge in [0.05, 0.1) is 6.26 Å². The summed E-state index contributed by atoms with van der Waals surface area (Å²) in [6, 6.07) is 0.278. The van der Waals surface area contributed by atoms with Crippen molar-refractivity contribution < 1.29 is 32.6 Å². The summed E-state index contributed by atoms with van der Waals surface area (Å²) in [5.74, 6) is -7.01. The van der Waals surface area contributed by atoms with E-state index in [2.05, 4.69) is 0 Å². The third-order valence-corrected chi connectivity index (χ3v) is 2.14. The maximum Gasteiger partial charge on any atom is 0.408 e. The van der Waals surface area contributed by atoms with Crippen LogP contribution in [0.25, 0.3) is 0 Å². The molecular weight excluding hydrogens is 276 g/mol. The topological polar surface area (TPSA) is 88.8 Å². The SMILES string of the molecule is CC(C)(C)OC(=O)NC(c1ccco1)C(F)(F)C(=O)O. The number of aliphatic carboxylic acids is 1. The Morgan fingerprint density at radius 3 is 2.40 bits per heavy atom. The molecule has 0 aromatic carbocycles. The zero-order valence-electron chi connectivity index (χ0n) is 11.1. The van der Waals surface area contributed by atoms with E-state index in [9.17, 15) is 18.4 Å². The van der Waals surface area contributed by atoms with Gasteiger partial charge in [-0.3, -0.25) is 0 Å². The van der Waals surface area contributed by atoms with E-state index in [1.165, 1.54) is 6.07 Å². The molecule has 0 saturated heterocycles. The molecule has 0 bridgehead atoms. The maximum atomic E-state index is 13.6. The number of carboxylic acids is 1. The van der Waals surface area contributed by atoms with E-state index < -0.39 is 29.6 Å². The van der Waals surface area contributed by atoms with Crippen LogP contribution in [0.2, 0.25) is 0 Å². The van der Waals surface area contributed by atoms with Gasteiger partial charge in [0.15, 0.2) is 6.04 Å². The molecule has 1 rings (SSSR count). The first-order chi connectivity index (χ1) is 9.04. The first kappa shape index (κ1) is 15.9. The van der Waals surface area contributed by atoms with Gasteiger partial charge in [-0.05, 0) is 32.9 Å². The van der Waals surface area contributed by atoms with Crippen molar-refractivity contribution in [1.29, 1.82) is 0 Å². The van der Waals surface area contributed by atoms with Crippen LogP contribution in [0.5, 0.6) is 0 Å². The lowest BCUT2D eigenvalue weighted by Crippen LogP contribution is -2.46. The van der Waals surface area contributed by atoms with Gasteiger partial charge in [0.25, 0.3) is 0 Å². The molecule has 0 aliphatic rings. The Balaban J connectivity index is 2.97. The molecule has 112 valence electrons. The monoisotopic (exact) mass is 291 g/mol. The van der Waals surface area contributed by atoms with Crippen molar-refractivity contribution in [2.24, 2.45) is 0 Å². The number of ether oxygens (including phenoxy) is 1. The van der Waals surface area contributed by atoms with Crippen LogP contribution in [-0.4, -0.2) is 28.7 Å². The van der Waals surface area contributed by atoms with Gasteiger partial charge in [0, 0.05) is 0 Å². The Kier molecular flexibility index (Phi) is 4.36. The van der Waals surface area contributed by atoms with Crippen molar-refractivity contribution in [3.8, 4) is 0 Å². The molecule has 1 aromatic rings. The summed E-state index contributed by atoms with van der Waals surface area (Å²) in [7, 11) is 0. The lowest BCUT2D eigenvalue weighted by molar-refractivity contribution is -0.170. The lowest BCUT2D eigenvalue weighted by Gasteiger charge is -2.25. The highest BCUT2D eigenvalue weighted by Crippen LogP contribution is 2.32. The largest absolute Gasteiger partial charge is 0.477 e.